The van der Waals surface area contributed by atoms with Crippen LogP contribution in [-0.4, -0.2) is 33.6 Å². The first-order valence-electron chi connectivity index (χ1n) is 6.60. The fourth-order valence-electron chi connectivity index (χ4n) is 2.75. The van der Waals surface area contributed by atoms with Crippen LogP contribution in [0.5, 0.6) is 0 Å². The second-order valence-electron chi connectivity index (χ2n) is 5.24. The third kappa shape index (κ3) is 3.07. The molecule has 2 unspecified atom stereocenters. The molecule has 0 aromatic carbocycles. The molecule has 2 atom stereocenters. The van der Waals surface area contributed by atoms with Gasteiger partial charge in [-0.3, -0.25) is 4.90 Å². The van der Waals surface area contributed by atoms with Gasteiger partial charge in [0, 0.05) is 31.5 Å². The maximum absolute atomic E-state index is 6.28. The molecule has 0 saturated heterocycles. The average molecular weight is 236 g/mol. The van der Waals surface area contributed by atoms with E-state index in [0.29, 0.717) is 12.1 Å². The monoisotopic (exact) mass is 236 g/mol. The quantitative estimate of drug-likeness (QED) is 0.809. The topological polar surface area (TPSA) is 47.1 Å². The van der Waals surface area contributed by atoms with Gasteiger partial charge in [0.1, 0.15) is 5.82 Å². The smallest absolute Gasteiger partial charge is 0.122 e. The summed E-state index contributed by atoms with van der Waals surface area (Å²) in [6.07, 6.45) is 10.2. The van der Waals surface area contributed by atoms with Crippen molar-refractivity contribution in [1.82, 2.24) is 14.5 Å². The molecule has 0 spiro atoms. The van der Waals surface area contributed by atoms with Crippen LogP contribution in [0.2, 0.25) is 0 Å². The Balaban J connectivity index is 1.98. The number of nitrogens with two attached hydrogens (primary N) is 1. The van der Waals surface area contributed by atoms with Gasteiger partial charge in [-0.1, -0.05) is 19.3 Å². The molecule has 4 nitrogen and oxygen atoms in total. The van der Waals surface area contributed by atoms with Crippen LogP contribution in [0.25, 0.3) is 0 Å². The standard InChI is InChI=1S/C13H24N4/c1-16-9-8-15-13(16)10-17(2)12-7-5-3-4-6-11(12)14/h8-9,11-12H,3-7,10,14H2,1-2H3. The average Bonchev–Trinajstić information content (AvgIpc) is 2.57. The van der Waals surface area contributed by atoms with E-state index in [0.717, 1.165) is 18.8 Å². The van der Waals surface area contributed by atoms with Crippen LogP contribution in [0.4, 0.5) is 0 Å². The molecule has 0 amide bonds. The molecule has 0 aliphatic heterocycles. The number of nitrogens with zero attached hydrogens (tertiary/aromatic N) is 3. The van der Waals surface area contributed by atoms with Gasteiger partial charge in [-0.15, -0.1) is 0 Å². The van der Waals surface area contributed by atoms with Crippen molar-refractivity contribution in [3.05, 3.63) is 18.2 Å². The largest absolute Gasteiger partial charge is 0.337 e. The van der Waals surface area contributed by atoms with Crippen LogP contribution in [-0.2, 0) is 13.6 Å². The van der Waals surface area contributed by atoms with E-state index in [4.69, 9.17) is 5.73 Å². The van der Waals surface area contributed by atoms with E-state index in [1.165, 1.54) is 25.7 Å². The number of likely N-dealkylation sites (N-methyl/N-ethyl adjacent to an activating group) is 1. The highest BCUT2D eigenvalue weighted by atomic mass is 15.2. The van der Waals surface area contributed by atoms with E-state index in [2.05, 4.69) is 21.5 Å². The molecule has 0 radical (unpaired) electrons. The van der Waals surface area contributed by atoms with Crippen molar-refractivity contribution < 1.29 is 0 Å². The summed E-state index contributed by atoms with van der Waals surface area (Å²) in [6, 6.07) is 0.831. The summed E-state index contributed by atoms with van der Waals surface area (Å²) >= 11 is 0. The minimum atomic E-state index is 0.322. The highest BCUT2D eigenvalue weighted by Crippen LogP contribution is 2.21. The zero-order valence-electron chi connectivity index (χ0n) is 11.0. The molecule has 1 aliphatic carbocycles. The Labute approximate surface area is 104 Å². The van der Waals surface area contributed by atoms with Crippen LogP contribution in [0.3, 0.4) is 0 Å². The van der Waals surface area contributed by atoms with E-state index in [1.54, 1.807) is 0 Å². The molecule has 1 saturated carbocycles. The van der Waals surface area contributed by atoms with E-state index in [-0.39, 0.29) is 0 Å². The second-order valence-corrected chi connectivity index (χ2v) is 5.24. The summed E-state index contributed by atoms with van der Waals surface area (Å²) in [6.45, 7) is 0.891. The summed E-state index contributed by atoms with van der Waals surface area (Å²) < 4.78 is 2.08. The first-order valence-corrected chi connectivity index (χ1v) is 6.60. The molecule has 4 heteroatoms. The lowest BCUT2D eigenvalue weighted by Gasteiger charge is -2.31. The Bertz CT molecular complexity index is 347. The Morgan fingerprint density at radius 1 is 1.41 bits per heavy atom. The Hall–Kier alpha value is -0.870. The number of hydrogen-bond acceptors (Lipinski definition) is 3. The minimum absolute atomic E-state index is 0.322. The van der Waals surface area contributed by atoms with Gasteiger partial charge in [0.05, 0.1) is 6.54 Å². The molecule has 2 rings (SSSR count). The van der Waals surface area contributed by atoms with Crippen molar-refractivity contribution in [3.8, 4) is 0 Å². The van der Waals surface area contributed by atoms with Crippen molar-refractivity contribution in [2.75, 3.05) is 7.05 Å². The third-order valence-electron chi connectivity index (χ3n) is 3.91. The lowest BCUT2D eigenvalue weighted by molar-refractivity contribution is 0.187. The Morgan fingerprint density at radius 2 is 2.18 bits per heavy atom. The van der Waals surface area contributed by atoms with Gasteiger partial charge in [0.25, 0.3) is 0 Å². The van der Waals surface area contributed by atoms with Crippen LogP contribution < -0.4 is 5.73 Å². The summed E-state index contributed by atoms with van der Waals surface area (Å²) in [5.74, 6) is 1.11. The van der Waals surface area contributed by atoms with Gasteiger partial charge in [-0.25, -0.2) is 4.98 Å². The maximum atomic E-state index is 6.28. The van der Waals surface area contributed by atoms with Gasteiger partial charge in [0.15, 0.2) is 0 Å². The molecule has 1 heterocycles. The normalized spacial score (nSPS) is 26.1. The van der Waals surface area contributed by atoms with E-state index in [9.17, 15) is 0 Å². The van der Waals surface area contributed by atoms with Gasteiger partial charge in [0.2, 0.25) is 0 Å². The Morgan fingerprint density at radius 3 is 2.88 bits per heavy atom. The summed E-state index contributed by atoms with van der Waals surface area (Å²) in [5.41, 5.74) is 6.28. The van der Waals surface area contributed by atoms with Gasteiger partial charge < -0.3 is 10.3 Å². The predicted molar refractivity (Wildman–Crippen MR) is 69.5 cm³/mol. The molecule has 1 aromatic rings. The SMILES string of the molecule is CN(Cc1nccn1C)C1CCCCCC1N. The first kappa shape index (κ1) is 12.6. The highest BCUT2D eigenvalue weighted by molar-refractivity contribution is 4.93. The summed E-state index contributed by atoms with van der Waals surface area (Å²) in [4.78, 5) is 6.75. The molecule has 0 bridgehead atoms. The first-order chi connectivity index (χ1) is 8.18. The van der Waals surface area contributed by atoms with Crippen LogP contribution in [0, 0.1) is 0 Å². The molecule has 1 fully saturated rings. The molecular weight excluding hydrogens is 212 g/mol. The zero-order chi connectivity index (χ0) is 12.3. The number of rotatable bonds is 3. The van der Waals surface area contributed by atoms with Crippen LogP contribution in [0.1, 0.15) is 37.9 Å². The number of imidazole rings is 1. The minimum Gasteiger partial charge on any atom is -0.337 e. The second kappa shape index (κ2) is 5.65. The fourth-order valence-corrected chi connectivity index (χ4v) is 2.75. The molecule has 1 aromatic heterocycles. The highest BCUT2D eigenvalue weighted by Gasteiger charge is 2.24. The molecule has 17 heavy (non-hydrogen) atoms. The van der Waals surface area contributed by atoms with Crippen molar-refractivity contribution in [3.63, 3.8) is 0 Å². The third-order valence-corrected chi connectivity index (χ3v) is 3.91. The Kier molecular flexibility index (Phi) is 4.18. The fraction of sp³-hybridized carbons (Fsp3) is 0.769. The van der Waals surface area contributed by atoms with Crippen molar-refractivity contribution >= 4 is 0 Å². The zero-order valence-corrected chi connectivity index (χ0v) is 11.0. The number of hydrogen-bond donors (Lipinski definition) is 1. The molecule has 2 N–H and O–H groups in total. The van der Waals surface area contributed by atoms with Gasteiger partial charge in [-0.2, -0.15) is 0 Å². The van der Waals surface area contributed by atoms with Crippen LogP contribution >= 0.6 is 0 Å². The number of aromatic nitrogens is 2. The summed E-state index contributed by atoms with van der Waals surface area (Å²) in [5, 5.41) is 0. The predicted octanol–water partition coefficient (Wildman–Crippen LogP) is 1.51. The molecular formula is C13H24N4. The van der Waals surface area contributed by atoms with E-state index < -0.39 is 0 Å². The number of aryl methyl sites for hydroxylation is 1. The van der Waals surface area contributed by atoms with Crippen molar-refractivity contribution in [2.45, 2.75) is 50.7 Å². The maximum Gasteiger partial charge on any atom is 0.122 e. The molecule has 96 valence electrons. The van der Waals surface area contributed by atoms with Gasteiger partial charge >= 0.3 is 0 Å². The van der Waals surface area contributed by atoms with Crippen molar-refractivity contribution in [2.24, 2.45) is 12.8 Å². The summed E-state index contributed by atoms with van der Waals surface area (Å²) in [7, 11) is 4.22. The molecule has 1 aliphatic rings. The van der Waals surface area contributed by atoms with Crippen molar-refractivity contribution in [1.29, 1.82) is 0 Å². The van der Waals surface area contributed by atoms with Gasteiger partial charge in [-0.05, 0) is 19.9 Å². The van der Waals surface area contributed by atoms with Crippen LogP contribution in [0.15, 0.2) is 12.4 Å². The van der Waals surface area contributed by atoms with E-state index >= 15 is 0 Å². The van der Waals surface area contributed by atoms with E-state index in [1.807, 2.05) is 19.4 Å². The lowest BCUT2D eigenvalue weighted by Crippen LogP contribution is -2.45. The lowest BCUT2D eigenvalue weighted by atomic mass is 10.0.